The van der Waals surface area contributed by atoms with E-state index in [4.69, 9.17) is 23.2 Å². The lowest BCUT2D eigenvalue weighted by Gasteiger charge is -2.35. The first kappa shape index (κ1) is 13.9. The highest BCUT2D eigenvalue weighted by atomic mass is 35.5. The summed E-state index contributed by atoms with van der Waals surface area (Å²) in [5, 5.41) is 4.60. The summed E-state index contributed by atoms with van der Waals surface area (Å²) in [7, 11) is 0. The molecule has 1 saturated heterocycles. The average molecular weight is 285 g/mol. The summed E-state index contributed by atoms with van der Waals surface area (Å²) in [6.45, 7) is 8.04. The zero-order chi connectivity index (χ0) is 13.0. The lowest BCUT2D eigenvalue weighted by Crippen LogP contribution is -2.45. The molecule has 1 fully saturated rings. The third kappa shape index (κ3) is 3.27. The molecule has 0 spiro atoms. The summed E-state index contributed by atoms with van der Waals surface area (Å²) >= 11 is 12.1. The zero-order valence-electron chi connectivity index (χ0n) is 10.3. The fourth-order valence-electron chi connectivity index (χ4n) is 2.37. The Bertz CT molecular complexity index is 414. The lowest BCUT2D eigenvalue weighted by molar-refractivity contribution is 0.174. The number of piperazine rings is 1. The molecular formula is C14H18Cl2N2. The number of nitrogens with zero attached hydrogens (tertiary/aromatic N) is 1. The van der Waals surface area contributed by atoms with Gasteiger partial charge in [0.05, 0.1) is 10.0 Å². The first-order chi connectivity index (χ1) is 8.72. The molecule has 0 aromatic heterocycles. The molecule has 1 aliphatic heterocycles. The number of benzene rings is 1. The van der Waals surface area contributed by atoms with Crippen LogP contribution in [-0.2, 0) is 0 Å². The minimum Gasteiger partial charge on any atom is -0.314 e. The van der Waals surface area contributed by atoms with E-state index in [1.54, 1.807) is 0 Å². The summed E-state index contributed by atoms with van der Waals surface area (Å²) in [4.78, 5) is 2.47. The normalized spacial score (nSPS) is 18.6. The van der Waals surface area contributed by atoms with Gasteiger partial charge in [0.25, 0.3) is 0 Å². The van der Waals surface area contributed by atoms with E-state index in [9.17, 15) is 0 Å². The third-order valence-electron chi connectivity index (χ3n) is 3.31. The van der Waals surface area contributed by atoms with Gasteiger partial charge in [-0.15, -0.1) is 6.58 Å². The first-order valence-electron chi connectivity index (χ1n) is 6.23. The fraction of sp³-hybridized carbons (Fsp3) is 0.429. The summed E-state index contributed by atoms with van der Waals surface area (Å²) in [5.74, 6) is 0. The highest BCUT2D eigenvalue weighted by molar-refractivity contribution is 6.42. The van der Waals surface area contributed by atoms with Crippen LogP contribution in [0.15, 0.2) is 30.9 Å². The van der Waals surface area contributed by atoms with Crippen molar-refractivity contribution in [1.29, 1.82) is 0 Å². The van der Waals surface area contributed by atoms with Gasteiger partial charge in [0, 0.05) is 32.2 Å². The van der Waals surface area contributed by atoms with Crippen LogP contribution < -0.4 is 5.32 Å². The van der Waals surface area contributed by atoms with Crippen molar-refractivity contribution in [3.63, 3.8) is 0 Å². The highest BCUT2D eigenvalue weighted by Gasteiger charge is 2.21. The molecule has 0 saturated carbocycles. The van der Waals surface area contributed by atoms with Crippen molar-refractivity contribution in [1.82, 2.24) is 10.2 Å². The van der Waals surface area contributed by atoms with E-state index >= 15 is 0 Å². The molecule has 4 heteroatoms. The van der Waals surface area contributed by atoms with E-state index in [-0.39, 0.29) is 0 Å². The Hall–Kier alpha value is -0.540. The van der Waals surface area contributed by atoms with Crippen LogP contribution in [0.5, 0.6) is 0 Å². The SMILES string of the molecule is C=CC[C@H](c1ccc(Cl)c(Cl)c1)N1CCNCC1. The molecular weight excluding hydrogens is 267 g/mol. The number of halogens is 2. The van der Waals surface area contributed by atoms with Crippen LogP contribution in [0.3, 0.4) is 0 Å². The summed E-state index contributed by atoms with van der Waals surface area (Å²) < 4.78 is 0. The maximum atomic E-state index is 6.11. The van der Waals surface area contributed by atoms with E-state index < -0.39 is 0 Å². The molecule has 1 aromatic rings. The van der Waals surface area contributed by atoms with Crippen molar-refractivity contribution in [3.05, 3.63) is 46.5 Å². The number of rotatable bonds is 4. The maximum Gasteiger partial charge on any atom is 0.0595 e. The second kappa shape index (κ2) is 6.58. The van der Waals surface area contributed by atoms with Gasteiger partial charge >= 0.3 is 0 Å². The van der Waals surface area contributed by atoms with E-state index in [1.165, 1.54) is 5.56 Å². The first-order valence-corrected chi connectivity index (χ1v) is 6.98. The van der Waals surface area contributed by atoms with Crippen LogP contribution in [0.1, 0.15) is 18.0 Å². The molecule has 0 amide bonds. The van der Waals surface area contributed by atoms with Crippen molar-refractivity contribution in [2.45, 2.75) is 12.5 Å². The zero-order valence-corrected chi connectivity index (χ0v) is 11.8. The molecule has 0 bridgehead atoms. The van der Waals surface area contributed by atoms with Crippen LogP contribution in [0.2, 0.25) is 10.0 Å². The van der Waals surface area contributed by atoms with Gasteiger partial charge in [0.15, 0.2) is 0 Å². The van der Waals surface area contributed by atoms with Gasteiger partial charge in [-0.25, -0.2) is 0 Å². The van der Waals surface area contributed by atoms with Crippen LogP contribution in [0.4, 0.5) is 0 Å². The Morgan fingerprint density at radius 2 is 2.00 bits per heavy atom. The molecule has 1 N–H and O–H groups in total. The topological polar surface area (TPSA) is 15.3 Å². The quantitative estimate of drug-likeness (QED) is 0.852. The Balaban J connectivity index is 2.22. The van der Waals surface area contributed by atoms with Gasteiger partial charge in [-0.1, -0.05) is 35.3 Å². The van der Waals surface area contributed by atoms with Crippen molar-refractivity contribution >= 4 is 23.2 Å². The van der Waals surface area contributed by atoms with Gasteiger partial charge in [-0.2, -0.15) is 0 Å². The fourth-order valence-corrected chi connectivity index (χ4v) is 2.67. The second-order valence-electron chi connectivity index (χ2n) is 4.50. The minimum absolute atomic E-state index is 0.347. The molecule has 18 heavy (non-hydrogen) atoms. The lowest BCUT2D eigenvalue weighted by atomic mass is 10.0. The molecule has 0 unspecified atom stereocenters. The molecule has 98 valence electrons. The molecule has 0 aliphatic carbocycles. The van der Waals surface area contributed by atoms with Crippen molar-refractivity contribution in [3.8, 4) is 0 Å². The molecule has 1 heterocycles. The molecule has 1 aromatic carbocycles. The number of nitrogens with one attached hydrogen (secondary N) is 1. The van der Waals surface area contributed by atoms with E-state index in [2.05, 4.69) is 22.9 Å². The summed E-state index contributed by atoms with van der Waals surface area (Å²) in [6.07, 6.45) is 2.90. The van der Waals surface area contributed by atoms with Gasteiger partial charge in [-0.05, 0) is 24.1 Å². The van der Waals surface area contributed by atoms with Crippen molar-refractivity contribution in [2.24, 2.45) is 0 Å². The van der Waals surface area contributed by atoms with Gasteiger partial charge in [-0.3, -0.25) is 4.90 Å². The number of hydrogen-bond acceptors (Lipinski definition) is 2. The predicted octanol–water partition coefficient (Wildman–Crippen LogP) is 3.52. The third-order valence-corrected chi connectivity index (χ3v) is 4.05. The standard InChI is InChI=1S/C14H18Cl2N2/c1-2-3-14(18-8-6-17-7-9-18)11-4-5-12(15)13(16)10-11/h2,4-5,10,14,17H,1,3,6-9H2/t14-/m1/s1. The van der Waals surface area contributed by atoms with Gasteiger partial charge in [0.2, 0.25) is 0 Å². The summed E-state index contributed by atoms with van der Waals surface area (Å²) in [6, 6.07) is 6.25. The van der Waals surface area contributed by atoms with Crippen molar-refractivity contribution in [2.75, 3.05) is 26.2 Å². The Kier molecular flexibility index (Phi) is 5.07. The predicted molar refractivity (Wildman–Crippen MR) is 78.5 cm³/mol. The average Bonchev–Trinajstić information content (AvgIpc) is 2.40. The molecule has 1 aliphatic rings. The Morgan fingerprint density at radius 3 is 2.61 bits per heavy atom. The van der Waals surface area contributed by atoms with Gasteiger partial charge in [0.1, 0.15) is 0 Å². The largest absolute Gasteiger partial charge is 0.314 e. The highest BCUT2D eigenvalue weighted by Crippen LogP contribution is 2.30. The monoisotopic (exact) mass is 284 g/mol. The molecule has 2 nitrogen and oxygen atoms in total. The maximum absolute atomic E-state index is 6.11. The van der Waals surface area contributed by atoms with E-state index in [1.807, 2.05) is 18.2 Å². The summed E-state index contributed by atoms with van der Waals surface area (Å²) in [5.41, 5.74) is 1.21. The van der Waals surface area contributed by atoms with E-state index in [0.717, 1.165) is 32.6 Å². The minimum atomic E-state index is 0.347. The number of hydrogen-bond donors (Lipinski definition) is 1. The van der Waals surface area contributed by atoms with Crippen LogP contribution in [0.25, 0.3) is 0 Å². The Morgan fingerprint density at radius 1 is 1.28 bits per heavy atom. The van der Waals surface area contributed by atoms with Crippen LogP contribution in [0, 0.1) is 0 Å². The second-order valence-corrected chi connectivity index (χ2v) is 5.31. The van der Waals surface area contributed by atoms with Gasteiger partial charge < -0.3 is 5.32 Å². The van der Waals surface area contributed by atoms with Crippen LogP contribution >= 0.6 is 23.2 Å². The van der Waals surface area contributed by atoms with Crippen molar-refractivity contribution < 1.29 is 0 Å². The smallest absolute Gasteiger partial charge is 0.0595 e. The molecule has 2 rings (SSSR count). The van der Waals surface area contributed by atoms with Crippen LogP contribution in [-0.4, -0.2) is 31.1 Å². The molecule has 1 atom stereocenters. The van der Waals surface area contributed by atoms with E-state index in [0.29, 0.717) is 16.1 Å². The molecule has 0 radical (unpaired) electrons. The Labute approximate surface area is 119 Å².